The lowest BCUT2D eigenvalue weighted by Crippen LogP contribution is -1.97. The number of nitriles is 2. The van der Waals surface area contributed by atoms with Gasteiger partial charge in [-0.2, -0.15) is 10.5 Å². The molecule has 0 aromatic carbocycles. The van der Waals surface area contributed by atoms with Crippen LogP contribution in [0.1, 0.15) is 0 Å². The third kappa shape index (κ3) is 2.47. The molecular weight excluding hydrogens is 180 g/mol. The zero-order valence-corrected chi connectivity index (χ0v) is 7.10. The number of aromatic nitrogens is 2. The van der Waals surface area contributed by atoms with Gasteiger partial charge in [0, 0.05) is 6.20 Å². The average molecular weight is 186 g/mol. The highest BCUT2D eigenvalue weighted by Gasteiger charge is 1.94. The van der Waals surface area contributed by atoms with Crippen molar-refractivity contribution in [1.82, 2.24) is 9.97 Å². The fraction of sp³-hybridized carbons (Fsp3) is 0. The Morgan fingerprint density at radius 2 is 2.14 bits per heavy atom. The van der Waals surface area contributed by atoms with Gasteiger partial charge in [-0.3, -0.25) is 4.98 Å². The lowest BCUT2D eigenvalue weighted by atomic mass is 10.3. The highest BCUT2D eigenvalue weighted by Crippen LogP contribution is 2.03. The summed E-state index contributed by atoms with van der Waals surface area (Å²) in [5.41, 5.74) is 5.32. The van der Waals surface area contributed by atoms with Crippen molar-refractivity contribution < 1.29 is 0 Å². The number of allylic oxidation sites excluding steroid dienone is 1. The van der Waals surface area contributed by atoms with Gasteiger partial charge in [0.25, 0.3) is 0 Å². The van der Waals surface area contributed by atoms with E-state index in [1.54, 1.807) is 12.1 Å². The van der Waals surface area contributed by atoms with Gasteiger partial charge in [0.15, 0.2) is 5.82 Å². The van der Waals surface area contributed by atoms with Crippen molar-refractivity contribution in [3.05, 3.63) is 24.2 Å². The Morgan fingerprint density at radius 3 is 2.71 bits per heavy atom. The molecule has 0 atom stereocenters. The van der Waals surface area contributed by atoms with Gasteiger partial charge in [0.05, 0.1) is 12.4 Å². The van der Waals surface area contributed by atoms with Gasteiger partial charge in [0.1, 0.15) is 23.5 Å². The summed E-state index contributed by atoms with van der Waals surface area (Å²) < 4.78 is 0. The van der Waals surface area contributed by atoms with E-state index in [-0.39, 0.29) is 11.4 Å². The molecule has 14 heavy (non-hydrogen) atoms. The molecule has 6 nitrogen and oxygen atoms in total. The molecule has 0 fully saturated rings. The Morgan fingerprint density at radius 1 is 1.43 bits per heavy atom. The Balaban J connectivity index is 2.77. The van der Waals surface area contributed by atoms with E-state index in [9.17, 15) is 0 Å². The molecule has 1 aromatic rings. The smallest absolute Gasteiger partial charge is 0.150 e. The first-order valence-corrected chi connectivity index (χ1v) is 3.60. The summed E-state index contributed by atoms with van der Waals surface area (Å²) in [5, 5.41) is 19.5. The normalized spacial score (nSPS) is 8.14. The van der Waals surface area contributed by atoms with E-state index < -0.39 is 0 Å². The largest absolute Gasteiger partial charge is 0.382 e. The monoisotopic (exact) mass is 186 g/mol. The lowest BCUT2D eigenvalue weighted by molar-refractivity contribution is 1.21. The molecule has 0 spiro atoms. The van der Waals surface area contributed by atoms with Gasteiger partial charge < -0.3 is 11.1 Å². The molecular formula is C8H6N6. The van der Waals surface area contributed by atoms with Crippen LogP contribution in [0.15, 0.2) is 24.2 Å². The second kappa shape index (κ2) is 4.43. The summed E-state index contributed by atoms with van der Waals surface area (Å²) in [6.07, 6.45) is 4.06. The minimum absolute atomic E-state index is 0.0470. The molecule has 1 aromatic heterocycles. The Labute approximate surface area is 80.3 Å². The van der Waals surface area contributed by atoms with Gasteiger partial charge in [-0.25, -0.2) is 4.98 Å². The quantitative estimate of drug-likeness (QED) is 0.646. The maximum atomic E-state index is 8.42. The summed E-state index contributed by atoms with van der Waals surface area (Å²) in [7, 11) is 0. The van der Waals surface area contributed by atoms with Crippen LogP contribution in [0, 0.1) is 22.7 Å². The zero-order valence-electron chi connectivity index (χ0n) is 7.10. The van der Waals surface area contributed by atoms with Crippen LogP contribution in [0.5, 0.6) is 0 Å². The molecule has 0 amide bonds. The van der Waals surface area contributed by atoms with Gasteiger partial charge in [-0.15, -0.1) is 0 Å². The molecule has 0 radical (unpaired) electrons. The van der Waals surface area contributed by atoms with Crippen LogP contribution >= 0.6 is 0 Å². The fourth-order valence-corrected chi connectivity index (χ4v) is 0.686. The average Bonchev–Trinajstić information content (AvgIpc) is 2.19. The molecule has 0 unspecified atom stereocenters. The van der Waals surface area contributed by atoms with Crippen molar-refractivity contribution in [3.63, 3.8) is 0 Å². The van der Waals surface area contributed by atoms with Crippen molar-refractivity contribution in [2.45, 2.75) is 0 Å². The fourth-order valence-electron chi connectivity index (χ4n) is 0.686. The van der Waals surface area contributed by atoms with Crippen LogP contribution < -0.4 is 11.1 Å². The number of nitrogens with two attached hydrogens (primary N) is 1. The van der Waals surface area contributed by atoms with Gasteiger partial charge in [0.2, 0.25) is 0 Å². The van der Waals surface area contributed by atoms with Crippen molar-refractivity contribution in [3.8, 4) is 12.1 Å². The maximum absolute atomic E-state index is 8.42. The van der Waals surface area contributed by atoms with Crippen LogP contribution in [0.4, 0.5) is 11.6 Å². The third-order valence-corrected chi connectivity index (χ3v) is 1.26. The summed E-state index contributed by atoms with van der Waals surface area (Å²) >= 11 is 0. The number of rotatable bonds is 2. The van der Waals surface area contributed by atoms with E-state index in [0.717, 1.165) is 0 Å². The van der Waals surface area contributed by atoms with Crippen LogP contribution in [-0.2, 0) is 0 Å². The van der Waals surface area contributed by atoms with E-state index >= 15 is 0 Å². The molecule has 68 valence electrons. The molecule has 6 heteroatoms. The Bertz CT molecular complexity index is 420. The number of nitrogen functional groups attached to an aromatic ring is 1. The lowest BCUT2D eigenvalue weighted by Gasteiger charge is -1.98. The maximum Gasteiger partial charge on any atom is 0.150 e. The van der Waals surface area contributed by atoms with E-state index in [4.69, 9.17) is 16.3 Å². The first-order chi connectivity index (χ1) is 6.76. The second-order valence-electron chi connectivity index (χ2n) is 2.26. The van der Waals surface area contributed by atoms with Crippen LogP contribution in [0.3, 0.4) is 0 Å². The Hall–Kier alpha value is -2.60. The Kier molecular flexibility index (Phi) is 3.00. The molecule has 0 aliphatic carbocycles. The molecule has 0 bridgehead atoms. The van der Waals surface area contributed by atoms with Crippen LogP contribution in [-0.4, -0.2) is 9.97 Å². The minimum Gasteiger partial charge on any atom is -0.382 e. The van der Waals surface area contributed by atoms with Gasteiger partial charge in [-0.05, 0) is 0 Å². The molecule has 3 N–H and O–H groups in total. The number of hydrogen-bond donors (Lipinski definition) is 2. The topological polar surface area (TPSA) is 111 Å². The molecule has 1 heterocycles. The third-order valence-electron chi connectivity index (χ3n) is 1.26. The van der Waals surface area contributed by atoms with Crippen molar-refractivity contribution >= 4 is 11.6 Å². The molecule has 0 aliphatic heterocycles. The van der Waals surface area contributed by atoms with E-state index in [1.807, 2.05) is 0 Å². The van der Waals surface area contributed by atoms with Crippen molar-refractivity contribution in [2.24, 2.45) is 0 Å². The molecule has 1 rings (SSSR count). The van der Waals surface area contributed by atoms with Crippen molar-refractivity contribution in [1.29, 1.82) is 10.5 Å². The van der Waals surface area contributed by atoms with E-state index in [1.165, 1.54) is 18.6 Å². The second-order valence-corrected chi connectivity index (χ2v) is 2.26. The van der Waals surface area contributed by atoms with E-state index in [0.29, 0.717) is 5.82 Å². The standard InChI is InChI=1S/C8H6N6/c9-1-6(2-10)3-13-8-5-12-4-7(11)14-8/h3-5H,(H3,11,13,14). The van der Waals surface area contributed by atoms with Crippen LogP contribution in [0.2, 0.25) is 0 Å². The van der Waals surface area contributed by atoms with Crippen LogP contribution in [0.25, 0.3) is 0 Å². The highest BCUT2D eigenvalue weighted by atomic mass is 15.0. The SMILES string of the molecule is N#CC(C#N)=CNc1cncc(N)n1. The molecule has 0 saturated heterocycles. The summed E-state index contributed by atoms with van der Waals surface area (Å²) in [6.45, 7) is 0. The van der Waals surface area contributed by atoms with E-state index in [2.05, 4.69) is 15.3 Å². The highest BCUT2D eigenvalue weighted by molar-refractivity contribution is 5.45. The summed E-state index contributed by atoms with van der Waals surface area (Å²) in [5.74, 6) is 0.645. The number of hydrogen-bond acceptors (Lipinski definition) is 6. The first kappa shape index (κ1) is 9.49. The minimum atomic E-state index is -0.0470. The van der Waals surface area contributed by atoms with Gasteiger partial charge in [-0.1, -0.05) is 0 Å². The van der Waals surface area contributed by atoms with Crippen molar-refractivity contribution in [2.75, 3.05) is 11.1 Å². The molecule has 0 saturated carbocycles. The first-order valence-electron chi connectivity index (χ1n) is 3.60. The number of nitrogens with one attached hydrogen (secondary N) is 1. The summed E-state index contributed by atoms with van der Waals surface area (Å²) in [4.78, 5) is 7.62. The van der Waals surface area contributed by atoms with Gasteiger partial charge >= 0.3 is 0 Å². The molecule has 0 aliphatic rings. The predicted molar refractivity (Wildman–Crippen MR) is 49.4 cm³/mol. The zero-order chi connectivity index (χ0) is 10.4. The number of nitrogens with zero attached hydrogens (tertiary/aromatic N) is 4. The predicted octanol–water partition coefficient (Wildman–Crippen LogP) is 0.402. The summed E-state index contributed by atoms with van der Waals surface area (Å²) in [6, 6.07) is 3.39. The number of anilines is 2.